The van der Waals surface area contributed by atoms with Crippen molar-refractivity contribution < 1.29 is 14.0 Å². The van der Waals surface area contributed by atoms with E-state index in [9.17, 15) is 14.0 Å². The largest absolute Gasteiger partial charge is 0.348 e. The number of carbonyl (C=O) groups excluding carboxylic acids is 2. The SMILES string of the molecule is Cc1ccccc1CNC(=O)C1=CNC(=O)C[C@H]1c1ccc(F)cc1. The average Bonchev–Trinajstić information content (AvgIpc) is 2.61. The molecule has 4 nitrogen and oxygen atoms in total. The minimum absolute atomic E-state index is 0.162. The Kier molecular flexibility index (Phi) is 4.93. The molecule has 0 spiro atoms. The van der Waals surface area contributed by atoms with Crippen molar-refractivity contribution in [3.8, 4) is 0 Å². The van der Waals surface area contributed by atoms with Crippen molar-refractivity contribution in [1.82, 2.24) is 10.6 Å². The molecule has 0 saturated carbocycles. The van der Waals surface area contributed by atoms with Crippen LogP contribution in [0.15, 0.2) is 60.3 Å². The van der Waals surface area contributed by atoms with Crippen LogP contribution in [0.4, 0.5) is 4.39 Å². The van der Waals surface area contributed by atoms with Crippen LogP contribution >= 0.6 is 0 Å². The molecule has 2 aromatic carbocycles. The Hall–Kier alpha value is -2.95. The number of halogens is 1. The van der Waals surface area contributed by atoms with Crippen molar-refractivity contribution in [1.29, 1.82) is 0 Å². The van der Waals surface area contributed by atoms with Crippen molar-refractivity contribution in [3.05, 3.63) is 82.8 Å². The lowest BCUT2D eigenvalue weighted by Gasteiger charge is -2.24. The molecule has 0 aromatic heterocycles. The van der Waals surface area contributed by atoms with Crippen LogP contribution in [0.25, 0.3) is 0 Å². The molecule has 25 heavy (non-hydrogen) atoms. The number of amides is 2. The molecule has 1 aliphatic heterocycles. The van der Waals surface area contributed by atoms with Gasteiger partial charge in [0.2, 0.25) is 11.8 Å². The molecule has 0 aliphatic carbocycles. The highest BCUT2D eigenvalue weighted by Gasteiger charge is 2.28. The Bertz CT molecular complexity index is 828. The zero-order valence-electron chi connectivity index (χ0n) is 13.9. The summed E-state index contributed by atoms with van der Waals surface area (Å²) in [4.78, 5) is 24.4. The molecule has 0 saturated heterocycles. The maximum atomic E-state index is 13.2. The number of rotatable bonds is 4. The fourth-order valence-corrected chi connectivity index (χ4v) is 2.92. The minimum Gasteiger partial charge on any atom is -0.348 e. The highest BCUT2D eigenvalue weighted by atomic mass is 19.1. The van der Waals surface area contributed by atoms with Crippen LogP contribution in [0.2, 0.25) is 0 Å². The molecule has 5 heteroatoms. The first kappa shape index (κ1) is 16.9. The smallest absolute Gasteiger partial charge is 0.249 e. The number of carbonyl (C=O) groups is 2. The van der Waals surface area contributed by atoms with Gasteiger partial charge in [0.05, 0.1) is 0 Å². The molecular weight excluding hydrogens is 319 g/mol. The monoisotopic (exact) mass is 338 g/mol. The summed E-state index contributed by atoms with van der Waals surface area (Å²) in [5, 5.41) is 5.50. The topological polar surface area (TPSA) is 58.2 Å². The second-order valence-electron chi connectivity index (χ2n) is 6.08. The highest BCUT2D eigenvalue weighted by Crippen LogP contribution is 2.30. The van der Waals surface area contributed by atoms with Crippen LogP contribution in [-0.4, -0.2) is 11.8 Å². The molecule has 2 aromatic rings. The number of nitrogens with one attached hydrogen (secondary N) is 2. The molecule has 1 aliphatic rings. The molecule has 0 radical (unpaired) electrons. The lowest BCUT2D eigenvalue weighted by Crippen LogP contribution is -2.34. The molecule has 1 atom stereocenters. The molecule has 128 valence electrons. The van der Waals surface area contributed by atoms with E-state index < -0.39 is 0 Å². The fraction of sp³-hybridized carbons (Fsp3) is 0.200. The van der Waals surface area contributed by atoms with Crippen LogP contribution in [-0.2, 0) is 16.1 Å². The third-order valence-electron chi connectivity index (χ3n) is 4.39. The highest BCUT2D eigenvalue weighted by molar-refractivity contribution is 5.98. The van der Waals surface area contributed by atoms with E-state index in [1.807, 2.05) is 31.2 Å². The van der Waals surface area contributed by atoms with Crippen molar-refractivity contribution in [2.24, 2.45) is 0 Å². The lowest BCUT2D eigenvalue weighted by atomic mass is 9.86. The summed E-state index contributed by atoms with van der Waals surface area (Å²) in [6, 6.07) is 13.7. The van der Waals surface area contributed by atoms with E-state index in [2.05, 4.69) is 10.6 Å². The van der Waals surface area contributed by atoms with Gasteiger partial charge in [-0.2, -0.15) is 0 Å². The maximum absolute atomic E-state index is 13.2. The minimum atomic E-state index is -0.383. The van der Waals surface area contributed by atoms with Crippen molar-refractivity contribution in [2.75, 3.05) is 0 Å². The third kappa shape index (κ3) is 3.94. The quantitative estimate of drug-likeness (QED) is 0.900. The predicted octanol–water partition coefficient (Wildman–Crippen LogP) is 2.94. The molecule has 0 fully saturated rings. The van der Waals surface area contributed by atoms with E-state index in [1.54, 1.807) is 12.1 Å². The summed E-state index contributed by atoms with van der Waals surface area (Å²) in [5.41, 5.74) is 3.35. The molecule has 3 rings (SSSR count). The van der Waals surface area contributed by atoms with E-state index in [0.717, 1.165) is 16.7 Å². The van der Waals surface area contributed by atoms with E-state index in [1.165, 1.54) is 18.3 Å². The number of hydrogen-bond donors (Lipinski definition) is 2. The standard InChI is InChI=1S/C20H19FN2O2/c1-13-4-2-3-5-15(13)11-23-20(25)18-12-22-19(24)10-17(18)14-6-8-16(21)9-7-14/h2-9,12,17H,10-11H2,1H3,(H,22,24)(H,23,25)/t17-/m0/s1. The predicted molar refractivity (Wildman–Crippen MR) is 93.0 cm³/mol. The summed E-state index contributed by atoms with van der Waals surface area (Å²) in [7, 11) is 0. The molecular formula is C20H19FN2O2. The van der Waals surface area contributed by atoms with Gasteiger partial charge in [-0.25, -0.2) is 4.39 Å². The second-order valence-corrected chi connectivity index (χ2v) is 6.08. The Labute approximate surface area is 145 Å². The van der Waals surface area contributed by atoms with Gasteiger partial charge in [-0.05, 0) is 35.7 Å². The van der Waals surface area contributed by atoms with Gasteiger partial charge < -0.3 is 10.6 Å². The summed E-state index contributed by atoms with van der Waals surface area (Å²) >= 11 is 0. The zero-order chi connectivity index (χ0) is 17.8. The van der Waals surface area contributed by atoms with E-state index in [-0.39, 0.29) is 30.0 Å². The third-order valence-corrected chi connectivity index (χ3v) is 4.39. The molecule has 1 heterocycles. The van der Waals surface area contributed by atoms with Gasteiger partial charge in [0.1, 0.15) is 5.82 Å². The van der Waals surface area contributed by atoms with E-state index in [0.29, 0.717) is 12.1 Å². The summed E-state index contributed by atoms with van der Waals surface area (Å²) in [5.74, 6) is -1.13. The average molecular weight is 338 g/mol. The summed E-state index contributed by atoms with van der Waals surface area (Å²) in [6.45, 7) is 2.40. The van der Waals surface area contributed by atoms with Crippen molar-refractivity contribution >= 4 is 11.8 Å². The van der Waals surface area contributed by atoms with Gasteiger partial charge in [-0.3, -0.25) is 9.59 Å². The van der Waals surface area contributed by atoms with Crippen LogP contribution in [0.1, 0.15) is 29.0 Å². The Morgan fingerprint density at radius 3 is 2.64 bits per heavy atom. The van der Waals surface area contributed by atoms with Crippen molar-refractivity contribution in [2.45, 2.75) is 25.8 Å². The van der Waals surface area contributed by atoms with E-state index in [4.69, 9.17) is 0 Å². The van der Waals surface area contributed by atoms with Gasteiger partial charge in [-0.1, -0.05) is 36.4 Å². The van der Waals surface area contributed by atoms with Crippen LogP contribution < -0.4 is 10.6 Å². The van der Waals surface area contributed by atoms with Gasteiger partial charge in [-0.15, -0.1) is 0 Å². The molecule has 2 amide bonds. The number of hydrogen-bond acceptors (Lipinski definition) is 2. The van der Waals surface area contributed by atoms with E-state index >= 15 is 0 Å². The lowest BCUT2D eigenvalue weighted by molar-refractivity contribution is -0.121. The molecule has 0 unspecified atom stereocenters. The van der Waals surface area contributed by atoms with Crippen LogP contribution in [0, 0.1) is 12.7 Å². The zero-order valence-corrected chi connectivity index (χ0v) is 13.9. The molecule has 2 N–H and O–H groups in total. The van der Waals surface area contributed by atoms with Crippen LogP contribution in [0.3, 0.4) is 0 Å². The first-order valence-corrected chi connectivity index (χ1v) is 8.12. The Balaban J connectivity index is 1.78. The fourth-order valence-electron chi connectivity index (χ4n) is 2.92. The normalized spacial score (nSPS) is 16.8. The summed E-state index contributed by atoms with van der Waals surface area (Å²) in [6.07, 6.45) is 1.61. The Morgan fingerprint density at radius 1 is 1.20 bits per heavy atom. The Morgan fingerprint density at radius 2 is 1.92 bits per heavy atom. The van der Waals surface area contributed by atoms with Gasteiger partial charge in [0, 0.05) is 30.7 Å². The second kappa shape index (κ2) is 7.30. The van der Waals surface area contributed by atoms with Gasteiger partial charge >= 0.3 is 0 Å². The van der Waals surface area contributed by atoms with Crippen LogP contribution in [0.5, 0.6) is 0 Å². The van der Waals surface area contributed by atoms with Gasteiger partial charge in [0.25, 0.3) is 0 Å². The molecule has 0 bridgehead atoms. The van der Waals surface area contributed by atoms with Gasteiger partial charge in [0.15, 0.2) is 0 Å². The number of aryl methyl sites for hydroxylation is 1. The number of benzene rings is 2. The maximum Gasteiger partial charge on any atom is 0.249 e. The first-order chi connectivity index (χ1) is 12.0. The first-order valence-electron chi connectivity index (χ1n) is 8.12. The summed E-state index contributed by atoms with van der Waals surface area (Å²) < 4.78 is 13.2. The van der Waals surface area contributed by atoms with Crippen molar-refractivity contribution in [3.63, 3.8) is 0 Å².